The zero-order valence-corrected chi connectivity index (χ0v) is 39.1. The number of nitrogens with one attached hydrogen (secondary N) is 2. The van der Waals surface area contributed by atoms with Crippen molar-refractivity contribution in [2.75, 3.05) is 73.6 Å². The minimum absolute atomic E-state index is 0. The summed E-state index contributed by atoms with van der Waals surface area (Å²) in [6.07, 6.45) is 18.0. The number of aromatic nitrogens is 12. The summed E-state index contributed by atoms with van der Waals surface area (Å²) in [6.45, 7) is 11.9. The Labute approximate surface area is 419 Å². The van der Waals surface area contributed by atoms with Gasteiger partial charge in [0.1, 0.15) is 34.7 Å². The normalized spacial score (nSPS) is 17.3. The van der Waals surface area contributed by atoms with E-state index in [0.717, 1.165) is 123 Å². The Morgan fingerprint density at radius 1 is 0.472 bits per heavy atom. The molecule has 2 saturated carbocycles. The van der Waals surface area contributed by atoms with Crippen LogP contribution in [-0.2, 0) is 10.8 Å². The molecule has 12 rings (SSSR count). The van der Waals surface area contributed by atoms with E-state index in [1.54, 1.807) is 49.6 Å². The van der Waals surface area contributed by atoms with E-state index in [1.807, 2.05) is 0 Å². The summed E-state index contributed by atoms with van der Waals surface area (Å²) in [5, 5.41) is 15.5. The summed E-state index contributed by atoms with van der Waals surface area (Å²) < 4.78 is 11.3. The van der Waals surface area contributed by atoms with Crippen LogP contribution >= 0.6 is 0 Å². The van der Waals surface area contributed by atoms with Gasteiger partial charge in [-0.05, 0) is 62.5 Å². The Kier molecular flexibility index (Phi) is 14.2. The van der Waals surface area contributed by atoms with Gasteiger partial charge in [0.2, 0.25) is 0 Å². The number of hydrogen-bond acceptors (Lipinski definition) is 20. The van der Waals surface area contributed by atoms with Crippen LogP contribution in [0, 0.1) is 11.8 Å². The molecular weight excluding hydrogens is 909 g/mol. The number of piperazine rings is 2. The molecule has 4 fully saturated rings. The van der Waals surface area contributed by atoms with E-state index in [9.17, 15) is 0 Å². The fourth-order valence-corrected chi connectivity index (χ4v) is 9.42. The second-order valence-electron chi connectivity index (χ2n) is 18.6. The molecule has 6 aromatic heterocycles. The summed E-state index contributed by atoms with van der Waals surface area (Å²) in [5.41, 5.74) is 17.6. The highest BCUT2D eigenvalue weighted by Gasteiger charge is 2.48. The Morgan fingerprint density at radius 3 is 1.15 bits per heavy atom. The van der Waals surface area contributed by atoms with Crippen molar-refractivity contribution in [3.8, 4) is 45.7 Å². The molecule has 1 unspecified atom stereocenters. The van der Waals surface area contributed by atoms with Crippen LogP contribution in [0.2, 0.25) is 0 Å². The van der Waals surface area contributed by atoms with Crippen molar-refractivity contribution in [2.24, 2.45) is 11.8 Å². The monoisotopic (exact) mass is 971 g/mol. The topological polar surface area (TPSA) is 264 Å². The minimum atomic E-state index is -0.360. The third-order valence-electron chi connectivity index (χ3n) is 14.1. The van der Waals surface area contributed by atoms with Crippen LogP contribution in [0.5, 0.6) is 0 Å². The van der Waals surface area contributed by atoms with Crippen molar-refractivity contribution >= 4 is 23.3 Å². The van der Waals surface area contributed by atoms with Crippen LogP contribution in [0.4, 0.5) is 23.3 Å². The Bertz CT molecular complexity index is 2800. The molecule has 2 aliphatic heterocycles. The molecule has 20 heteroatoms. The lowest BCUT2D eigenvalue weighted by Gasteiger charge is -2.27. The lowest BCUT2D eigenvalue weighted by Crippen LogP contribution is -2.43. The van der Waals surface area contributed by atoms with E-state index in [4.69, 9.17) is 30.5 Å². The zero-order valence-electron chi connectivity index (χ0n) is 39.1. The number of anilines is 4. The minimum Gasteiger partial charge on any atom is -0.382 e. The summed E-state index contributed by atoms with van der Waals surface area (Å²) in [5.74, 6) is 5.57. The van der Waals surface area contributed by atoms with E-state index < -0.39 is 0 Å². The molecule has 72 heavy (non-hydrogen) atoms. The molecule has 2 saturated heterocycles. The van der Waals surface area contributed by atoms with E-state index >= 15 is 0 Å². The van der Waals surface area contributed by atoms with E-state index in [-0.39, 0.29) is 25.7 Å². The van der Waals surface area contributed by atoms with Crippen LogP contribution in [0.1, 0.15) is 77.2 Å². The van der Waals surface area contributed by atoms with Crippen molar-refractivity contribution in [1.82, 2.24) is 70.8 Å². The molecule has 0 amide bonds. The number of nitrogens with two attached hydrogens (primary N) is 2. The van der Waals surface area contributed by atoms with Crippen molar-refractivity contribution in [1.29, 1.82) is 0 Å². The van der Waals surface area contributed by atoms with Gasteiger partial charge in [-0.2, -0.15) is 9.97 Å². The largest absolute Gasteiger partial charge is 0.382 e. The van der Waals surface area contributed by atoms with Gasteiger partial charge in [0.25, 0.3) is 11.8 Å². The van der Waals surface area contributed by atoms with Crippen LogP contribution in [-0.4, -0.2) is 113 Å². The maximum Gasteiger partial charge on any atom is 0.278 e. The van der Waals surface area contributed by atoms with Gasteiger partial charge in [0.05, 0.1) is 71.8 Å². The van der Waals surface area contributed by atoms with Crippen molar-refractivity contribution in [3.63, 3.8) is 0 Å². The first-order valence-electron chi connectivity index (χ1n) is 23.8. The molecule has 8 heterocycles. The fourth-order valence-electron chi connectivity index (χ4n) is 9.42. The predicted molar refractivity (Wildman–Crippen MR) is 276 cm³/mol. The molecule has 2 atom stereocenters. The highest BCUT2D eigenvalue weighted by atomic mass is 16.5. The second-order valence-corrected chi connectivity index (χ2v) is 18.6. The zero-order chi connectivity index (χ0) is 47.7. The fraction of sp³-hybridized carbons (Fsp3) is 0.385. The molecule has 8 aromatic rings. The van der Waals surface area contributed by atoms with Gasteiger partial charge in [-0.1, -0.05) is 73.7 Å². The summed E-state index contributed by atoms with van der Waals surface area (Å²) >= 11 is 0. The number of rotatable bonds is 12. The van der Waals surface area contributed by atoms with Gasteiger partial charge in [0.15, 0.2) is 11.6 Å². The van der Waals surface area contributed by atoms with Crippen LogP contribution < -0.4 is 31.9 Å². The molecule has 2 aromatic carbocycles. The Hall–Kier alpha value is -7.84. The van der Waals surface area contributed by atoms with Gasteiger partial charge in [0, 0.05) is 63.5 Å². The van der Waals surface area contributed by atoms with Gasteiger partial charge in [-0.15, -0.1) is 0 Å². The third-order valence-corrected chi connectivity index (χ3v) is 14.1. The number of nitrogens with zero attached hydrogens (tertiary/aromatic N) is 14. The first-order chi connectivity index (χ1) is 34.2. The van der Waals surface area contributed by atoms with Gasteiger partial charge in [-0.25, -0.2) is 29.9 Å². The average molecular weight is 971 g/mol. The SMILES string of the molecule is C.C.CC(c1ccc(-c2cnc(N)cn2)cc1)(c1noc(-c2cnc(N3CCNCC3)cn2)n1)C1CC1.C[C@@](c1ccc(-c2cnc(N)cn2)cc1)(c1noc(-c2cnc(N3CCNCC3)cn2)n1)C1CC1. The summed E-state index contributed by atoms with van der Waals surface area (Å²) in [6, 6.07) is 16.7. The summed E-state index contributed by atoms with van der Waals surface area (Å²) in [4.78, 5) is 49.3. The molecule has 0 bridgehead atoms. The van der Waals surface area contributed by atoms with Crippen molar-refractivity contribution in [3.05, 3.63) is 121 Å². The standard InChI is InChI=1S/2C25H27N9O.2CH4/c2*1-25(18-6-7-18,17-4-2-16(3-5-17)19-12-30-21(26)14-28-19)24-32-23(35-33-24)20-13-31-22(15-29-20)34-10-8-27-9-11-34;;/h2*2-5,12-15,18,27H,6-11H2,1H3,(H2,26,30);2*1H4/t25-;;;/m0.../s1. The molecule has 4 aliphatic rings. The molecule has 2 aliphatic carbocycles. The van der Waals surface area contributed by atoms with Gasteiger partial charge < -0.3 is 40.9 Å². The van der Waals surface area contributed by atoms with Crippen molar-refractivity contribution < 1.29 is 9.05 Å². The van der Waals surface area contributed by atoms with Crippen LogP contribution in [0.3, 0.4) is 0 Å². The average Bonchev–Trinajstić information content (AvgIpc) is 4.36. The Morgan fingerprint density at radius 2 is 0.833 bits per heavy atom. The summed E-state index contributed by atoms with van der Waals surface area (Å²) in [7, 11) is 0. The van der Waals surface area contributed by atoms with Crippen LogP contribution in [0.25, 0.3) is 45.7 Å². The number of nitrogen functional groups attached to an aromatic ring is 2. The Balaban J connectivity index is 0.000000173. The molecular formula is C52H62N18O2. The van der Waals surface area contributed by atoms with Gasteiger partial charge in [-0.3, -0.25) is 9.97 Å². The smallest absolute Gasteiger partial charge is 0.278 e. The maximum absolute atomic E-state index is 5.67. The third kappa shape index (κ3) is 10.0. The van der Waals surface area contributed by atoms with E-state index in [2.05, 4.69) is 133 Å². The molecule has 6 N–H and O–H groups in total. The predicted octanol–water partition coefficient (Wildman–Crippen LogP) is 6.66. The number of hydrogen-bond donors (Lipinski definition) is 4. The van der Waals surface area contributed by atoms with E-state index in [0.29, 0.717) is 58.3 Å². The molecule has 372 valence electrons. The highest BCUT2D eigenvalue weighted by molar-refractivity contribution is 5.61. The quantitative estimate of drug-likeness (QED) is 0.0998. The van der Waals surface area contributed by atoms with Crippen molar-refractivity contribution in [2.45, 2.75) is 65.2 Å². The molecule has 0 spiro atoms. The second kappa shape index (κ2) is 20.9. The molecule has 0 radical (unpaired) electrons. The maximum atomic E-state index is 5.67. The lowest BCUT2D eigenvalue weighted by atomic mass is 9.77. The number of benzene rings is 2. The lowest BCUT2D eigenvalue weighted by molar-refractivity contribution is 0.386. The highest BCUT2D eigenvalue weighted by Crippen LogP contribution is 2.52. The van der Waals surface area contributed by atoms with E-state index in [1.165, 1.54) is 0 Å². The first kappa shape index (κ1) is 49.2. The van der Waals surface area contributed by atoms with Gasteiger partial charge >= 0.3 is 0 Å². The molecule has 20 nitrogen and oxygen atoms in total. The first-order valence-corrected chi connectivity index (χ1v) is 23.8. The van der Waals surface area contributed by atoms with Crippen LogP contribution in [0.15, 0.2) is 107 Å².